The summed E-state index contributed by atoms with van der Waals surface area (Å²) in [5.41, 5.74) is 3.72. The summed E-state index contributed by atoms with van der Waals surface area (Å²) in [6.45, 7) is 5.39. The van der Waals surface area contributed by atoms with Gasteiger partial charge in [0.2, 0.25) is 0 Å². The molecule has 1 aromatic heterocycles. The van der Waals surface area contributed by atoms with Crippen molar-refractivity contribution in [3.05, 3.63) is 94.8 Å². The van der Waals surface area contributed by atoms with Crippen molar-refractivity contribution in [3.8, 4) is 5.75 Å². The Labute approximate surface area is 199 Å². The Morgan fingerprint density at radius 2 is 1.85 bits per heavy atom. The van der Waals surface area contributed by atoms with E-state index in [0.29, 0.717) is 17.2 Å². The lowest BCUT2D eigenvalue weighted by atomic mass is 10.1. The molecule has 0 aliphatic rings. The number of hydrogen-bond acceptors (Lipinski definition) is 3. The van der Waals surface area contributed by atoms with Gasteiger partial charge in [-0.15, -0.1) is 0 Å². The minimum atomic E-state index is -0.226. The molecule has 6 heteroatoms. The Kier molecular flexibility index (Phi) is 7.30. The summed E-state index contributed by atoms with van der Waals surface area (Å²) in [6.07, 6.45) is 1.83. The smallest absolute Gasteiger partial charge is 0.251 e. The molecular formula is C27H28ClN3O2. The fourth-order valence-electron chi connectivity index (χ4n) is 3.88. The predicted molar refractivity (Wildman–Crippen MR) is 133 cm³/mol. The Balaban J connectivity index is 1.42. The molecule has 0 bridgehead atoms. The van der Waals surface area contributed by atoms with E-state index < -0.39 is 0 Å². The average Bonchev–Trinajstić information content (AvgIpc) is 3.19. The van der Waals surface area contributed by atoms with Crippen molar-refractivity contribution in [1.82, 2.24) is 14.9 Å². The highest BCUT2D eigenvalue weighted by molar-refractivity contribution is 6.30. The molecule has 0 saturated carbocycles. The van der Waals surface area contributed by atoms with Gasteiger partial charge in [-0.05, 0) is 75.2 Å². The largest absolute Gasteiger partial charge is 0.494 e. The Bertz CT molecular complexity index is 1230. The number of rotatable bonds is 9. The Morgan fingerprint density at radius 1 is 1.06 bits per heavy atom. The third-order valence-corrected chi connectivity index (χ3v) is 5.81. The lowest BCUT2D eigenvalue weighted by Crippen LogP contribution is -2.28. The number of carbonyl (C=O) groups is 1. The number of hydrogen-bond donors (Lipinski definition) is 1. The highest BCUT2D eigenvalue weighted by atomic mass is 35.5. The zero-order valence-corrected chi connectivity index (χ0v) is 19.7. The zero-order chi connectivity index (χ0) is 23.2. The first kappa shape index (κ1) is 22.9. The van der Waals surface area contributed by atoms with Crippen LogP contribution in [-0.4, -0.2) is 22.1 Å². The van der Waals surface area contributed by atoms with E-state index in [1.54, 1.807) is 0 Å². The van der Waals surface area contributed by atoms with Gasteiger partial charge in [0.15, 0.2) is 0 Å². The standard InChI is InChI=1S/C27H28ClN3O2/c1-19-8-7-9-21(18-19)27(32)29-20(2)26-30-24-10-3-4-11-25(24)31(26)16-5-6-17-33-23-14-12-22(28)13-15-23/h3-4,7-15,18,20H,5-6,16-17H2,1-2H3,(H,29,32). The van der Waals surface area contributed by atoms with E-state index in [2.05, 4.69) is 16.0 Å². The van der Waals surface area contributed by atoms with Gasteiger partial charge < -0.3 is 14.6 Å². The van der Waals surface area contributed by atoms with Gasteiger partial charge in [0.1, 0.15) is 11.6 Å². The number of fused-ring (bicyclic) bond motifs is 1. The number of carbonyl (C=O) groups excluding carboxylic acids is 1. The van der Waals surface area contributed by atoms with E-state index in [1.807, 2.05) is 80.6 Å². The fraction of sp³-hybridized carbons (Fsp3) is 0.259. The molecule has 4 rings (SSSR count). The van der Waals surface area contributed by atoms with Gasteiger partial charge in [-0.2, -0.15) is 0 Å². The monoisotopic (exact) mass is 461 g/mol. The van der Waals surface area contributed by atoms with Crippen molar-refractivity contribution < 1.29 is 9.53 Å². The number of para-hydroxylation sites is 2. The van der Waals surface area contributed by atoms with Crippen LogP contribution in [0.5, 0.6) is 5.75 Å². The first-order chi connectivity index (χ1) is 16.0. The third kappa shape index (κ3) is 5.74. The maximum absolute atomic E-state index is 12.8. The number of amides is 1. The number of aryl methyl sites for hydroxylation is 2. The molecule has 1 N–H and O–H groups in total. The minimum Gasteiger partial charge on any atom is -0.494 e. The van der Waals surface area contributed by atoms with Crippen molar-refractivity contribution in [2.45, 2.75) is 39.3 Å². The lowest BCUT2D eigenvalue weighted by Gasteiger charge is -2.17. The van der Waals surface area contributed by atoms with Crippen LogP contribution >= 0.6 is 11.6 Å². The van der Waals surface area contributed by atoms with Gasteiger partial charge in [-0.1, -0.05) is 41.4 Å². The molecule has 1 atom stereocenters. The van der Waals surface area contributed by atoms with E-state index in [0.717, 1.165) is 47.6 Å². The summed E-state index contributed by atoms with van der Waals surface area (Å²) in [4.78, 5) is 17.6. The molecule has 33 heavy (non-hydrogen) atoms. The molecule has 3 aromatic carbocycles. The Hall–Kier alpha value is -3.31. The SMILES string of the molecule is Cc1cccc(C(=O)NC(C)c2nc3ccccc3n2CCCCOc2ccc(Cl)cc2)c1. The summed E-state index contributed by atoms with van der Waals surface area (Å²) >= 11 is 5.92. The van der Waals surface area contributed by atoms with Crippen molar-refractivity contribution in [1.29, 1.82) is 0 Å². The zero-order valence-electron chi connectivity index (χ0n) is 18.9. The molecule has 1 heterocycles. The number of unbranched alkanes of at least 4 members (excludes halogenated alkanes) is 1. The summed E-state index contributed by atoms with van der Waals surface area (Å²) in [5.74, 6) is 1.58. The second-order valence-corrected chi connectivity index (χ2v) is 8.62. The number of benzene rings is 3. The summed E-state index contributed by atoms with van der Waals surface area (Å²) in [5, 5.41) is 3.81. The van der Waals surface area contributed by atoms with E-state index in [9.17, 15) is 4.79 Å². The van der Waals surface area contributed by atoms with Crippen molar-refractivity contribution >= 4 is 28.5 Å². The van der Waals surface area contributed by atoms with Gasteiger partial charge in [-0.25, -0.2) is 4.98 Å². The summed E-state index contributed by atoms with van der Waals surface area (Å²) < 4.78 is 8.02. The van der Waals surface area contributed by atoms with Crippen LogP contribution in [0.3, 0.4) is 0 Å². The van der Waals surface area contributed by atoms with Crippen LogP contribution in [0.15, 0.2) is 72.8 Å². The van der Waals surface area contributed by atoms with E-state index in [4.69, 9.17) is 21.3 Å². The molecule has 0 aliphatic heterocycles. The average molecular weight is 462 g/mol. The number of halogens is 1. The lowest BCUT2D eigenvalue weighted by molar-refractivity contribution is 0.0937. The van der Waals surface area contributed by atoms with E-state index in [-0.39, 0.29) is 11.9 Å². The van der Waals surface area contributed by atoms with Crippen LogP contribution in [0.1, 0.15) is 47.6 Å². The quantitative estimate of drug-likeness (QED) is 0.295. The first-order valence-electron chi connectivity index (χ1n) is 11.2. The predicted octanol–water partition coefficient (Wildman–Crippen LogP) is 6.35. The van der Waals surface area contributed by atoms with Crippen LogP contribution in [-0.2, 0) is 6.54 Å². The van der Waals surface area contributed by atoms with Crippen LogP contribution in [0.25, 0.3) is 11.0 Å². The maximum atomic E-state index is 12.8. The molecule has 0 spiro atoms. The molecule has 0 radical (unpaired) electrons. The number of nitrogens with zero attached hydrogens (tertiary/aromatic N) is 2. The van der Waals surface area contributed by atoms with Crippen molar-refractivity contribution in [2.24, 2.45) is 0 Å². The molecule has 1 unspecified atom stereocenters. The highest BCUT2D eigenvalue weighted by Crippen LogP contribution is 2.22. The van der Waals surface area contributed by atoms with Crippen LogP contribution in [0, 0.1) is 6.92 Å². The van der Waals surface area contributed by atoms with E-state index in [1.165, 1.54) is 0 Å². The summed E-state index contributed by atoms with van der Waals surface area (Å²) in [6, 6.07) is 22.9. The number of imidazole rings is 1. The number of ether oxygens (including phenoxy) is 1. The topological polar surface area (TPSA) is 56.2 Å². The van der Waals surface area contributed by atoms with Gasteiger partial charge in [0.05, 0.1) is 23.7 Å². The van der Waals surface area contributed by atoms with Gasteiger partial charge >= 0.3 is 0 Å². The highest BCUT2D eigenvalue weighted by Gasteiger charge is 2.19. The molecular weight excluding hydrogens is 434 g/mol. The molecule has 0 saturated heterocycles. The third-order valence-electron chi connectivity index (χ3n) is 5.56. The number of aromatic nitrogens is 2. The van der Waals surface area contributed by atoms with E-state index >= 15 is 0 Å². The minimum absolute atomic E-state index is 0.0961. The maximum Gasteiger partial charge on any atom is 0.251 e. The van der Waals surface area contributed by atoms with Gasteiger partial charge in [0, 0.05) is 17.1 Å². The molecule has 0 fully saturated rings. The summed E-state index contributed by atoms with van der Waals surface area (Å²) in [7, 11) is 0. The fourth-order valence-corrected chi connectivity index (χ4v) is 4.01. The van der Waals surface area contributed by atoms with Crippen molar-refractivity contribution in [3.63, 3.8) is 0 Å². The molecule has 0 aliphatic carbocycles. The molecule has 4 aromatic rings. The Morgan fingerprint density at radius 3 is 2.64 bits per heavy atom. The number of nitrogens with one attached hydrogen (secondary N) is 1. The molecule has 5 nitrogen and oxygen atoms in total. The van der Waals surface area contributed by atoms with Crippen LogP contribution in [0.2, 0.25) is 5.02 Å². The van der Waals surface area contributed by atoms with Gasteiger partial charge in [0.25, 0.3) is 5.91 Å². The second kappa shape index (κ2) is 10.5. The first-order valence-corrected chi connectivity index (χ1v) is 11.6. The van der Waals surface area contributed by atoms with Crippen LogP contribution in [0.4, 0.5) is 0 Å². The normalized spacial score (nSPS) is 12.0. The molecule has 1 amide bonds. The van der Waals surface area contributed by atoms with Gasteiger partial charge in [-0.3, -0.25) is 4.79 Å². The second-order valence-electron chi connectivity index (χ2n) is 8.18. The van der Waals surface area contributed by atoms with Crippen molar-refractivity contribution in [2.75, 3.05) is 6.61 Å². The molecule has 170 valence electrons. The van der Waals surface area contributed by atoms with Crippen LogP contribution < -0.4 is 10.1 Å².